The van der Waals surface area contributed by atoms with Crippen molar-refractivity contribution in [2.75, 3.05) is 21.3 Å². The summed E-state index contributed by atoms with van der Waals surface area (Å²) in [6.07, 6.45) is 0.236. The largest absolute Gasteiger partial charge is 0.493 e. The van der Waals surface area contributed by atoms with Gasteiger partial charge in [0.25, 0.3) is 5.56 Å². The van der Waals surface area contributed by atoms with Crippen LogP contribution in [0.5, 0.6) is 28.9 Å². The number of aromatic nitrogens is 2. The Labute approximate surface area is 159 Å². The van der Waals surface area contributed by atoms with Crippen molar-refractivity contribution in [1.29, 1.82) is 0 Å². The van der Waals surface area contributed by atoms with Gasteiger partial charge in [-0.15, -0.1) is 0 Å². The molecule has 7 nitrogen and oxygen atoms in total. The smallest absolute Gasteiger partial charge is 0.258 e. The van der Waals surface area contributed by atoms with Crippen molar-refractivity contribution in [3.05, 3.63) is 57.6 Å². The summed E-state index contributed by atoms with van der Waals surface area (Å²) in [7, 11) is 4.51. The number of methoxy groups -OCH3 is 3. The minimum Gasteiger partial charge on any atom is -0.493 e. The van der Waals surface area contributed by atoms with E-state index in [9.17, 15) is 9.18 Å². The van der Waals surface area contributed by atoms with Crippen LogP contribution in [0.1, 0.15) is 11.1 Å². The van der Waals surface area contributed by atoms with Gasteiger partial charge in [0.2, 0.25) is 11.6 Å². The molecule has 144 valence electrons. The highest BCUT2D eigenvalue weighted by atomic mass is 19.1. The standard InChI is InChI=1S/C20H17FN2O5/c1-25-15-8-11(9-16(26-2)17(15)27-3)18-22-19(24)13-7-10-6-12(21)4-5-14(10)28-20(13)23-18/h4-6,8-9H,7H2,1-3H3,(H,22,23,24). The number of halogens is 1. The number of nitrogens with zero attached hydrogens (tertiary/aromatic N) is 1. The van der Waals surface area contributed by atoms with Gasteiger partial charge in [-0.25, -0.2) is 4.39 Å². The maximum Gasteiger partial charge on any atom is 0.258 e. The van der Waals surface area contributed by atoms with E-state index in [1.54, 1.807) is 12.1 Å². The first-order valence-electron chi connectivity index (χ1n) is 8.44. The van der Waals surface area contributed by atoms with Crippen molar-refractivity contribution in [1.82, 2.24) is 9.97 Å². The van der Waals surface area contributed by atoms with E-state index < -0.39 is 0 Å². The van der Waals surface area contributed by atoms with E-state index >= 15 is 0 Å². The first-order chi connectivity index (χ1) is 13.5. The number of hydrogen-bond donors (Lipinski definition) is 1. The molecule has 0 radical (unpaired) electrons. The SMILES string of the molecule is COc1cc(-c2nc3c(c(=O)[nH]2)Cc2cc(F)ccc2O3)cc(OC)c1OC. The summed E-state index contributed by atoms with van der Waals surface area (Å²) in [5, 5.41) is 0. The van der Waals surface area contributed by atoms with E-state index in [0.29, 0.717) is 39.7 Å². The highest BCUT2D eigenvalue weighted by Gasteiger charge is 2.24. The van der Waals surface area contributed by atoms with Crippen LogP contribution in [0, 0.1) is 5.82 Å². The molecule has 0 bridgehead atoms. The van der Waals surface area contributed by atoms with E-state index in [2.05, 4.69) is 9.97 Å². The molecule has 0 amide bonds. The van der Waals surface area contributed by atoms with Gasteiger partial charge in [0, 0.05) is 17.5 Å². The van der Waals surface area contributed by atoms with E-state index in [1.807, 2.05) is 0 Å². The Morgan fingerprint density at radius 3 is 2.43 bits per heavy atom. The minimum absolute atomic E-state index is 0.187. The van der Waals surface area contributed by atoms with Gasteiger partial charge in [0.05, 0.1) is 26.9 Å². The Hall–Kier alpha value is -3.55. The van der Waals surface area contributed by atoms with Gasteiger partial charge in [-0.05, 0) is 30.3 Å². The number of hydrogen-bond acceptors (Lipinski definition) is 6. The molecule has 0 saturated carbocycles. The Kier molecular flexibility index (Phi) is 4.38. The molecule has 8 heteroatoms. The van der Waals surface area contributed by atoms with Gasteiger partial charge in [-0.3, -0.25) is 4.79 Å². The van der Waals surface area contributed by atoms with Crippen LogP contribution in [0.15, 0.2) is 35.1 Å². The van der Waals surface area contributed by atoms with Crippen LogP contribution >= 0.6 is 0 Å². The number of rotatable bonds is 4. The molecule has 0 atom stereocenters. The summed E-state index contributed by atoms with van der Waals surface area (Å²) in [6, 6.07) is 7.54. The van der Waals surface area contributed by atoms with Crippen LogP contribution in [-0.2, 0) is 6.42 Å². The molecule has 3 aromatic rings. The fourth-order valence-corrected chi connectivity index (χ4v) is 3.15. The molecule has 0 spiro atoms. The highest BCUT2D eigenvalue weighted by molar-refractivity contribution is 5.67. The fraction of sp³-hybridized carbons (Fsp3) is 0.200. The van der Waals surface area contributed by atoms with Crippen LogP contribution < -0.4 is 24.5 Å². The lowest BCUT2D eigenvalue weighted by Gasteiger charge is -2.19. The third-order valence-corrected chi connectivity index (χ3v) is 4.51. The number of H-pyrrole nitrogens is 1. The molecule has 0 aliphatic carbocycles. The van der Waals surface area contributed by atoms with E-state index in [1.165, 1.54) is 39.5 Å². The predicted octanol–water partition coefficient (Wildman–Crippen LogP) is 3.30. The van der Waals surface area contributed by atoms with Crippen molar-refractivity contribution in [3.63, 3.8) is 0 Å². The molecule has 0 unspecified atom stereocenters. The quantitative estimate of drug-likeness (QED) is 0.581. The van der Waals surface area contributed by atoms with E-state index in [-0.39, 0.29) is 29.5 Å². The third-order valence-electron chi connectivity index (χ3n) is 4.51. The lowest BCUT2D eigenvalue weighted by molar-refractivity contribution is 0.324. The summed E-state index contributed by atoms with van der Waals surface area (Å²) in [6.45, 7) is 0. The molecule has 1 aromatic heterocycles. The first-order valence-corrected chi connectivity index (χ1v) is 8.44. The summed E-state index contributed by atoms with van der Waals surface area (Å²) >= 11 is 0. The maximum absolute atomic E-state index is 13.5. The molecule has 1 aliphatic heterocycles. The lowest BCUT2D eigenvalue weighted by atomic mass is 10.0. The van der Waals surface area contributed by atoms with Crippen molar-refractivity contribution >= 4 is 0 Å². The Morgan fingerprint density at radius 2 is 1.79 bits per heavy atom. The zero-order valence-corrected chi connectivity index (χ0v) is 15.5. The minimum atomic E-state index is -0.385. The topological polar surface area (TPSA) is 82.7 Å². The summed E-state index contributed by atoms with van der Waals surface area (Å²) in [4.78, 5) is 19.8. The number of fused-ring (bicyclic) bond motifs is 2. The molecular formula is C20H17FN2O5. The number of aromatic amines is 1. The van der Waals surface area contributed by atoms with Crippen LogP contribution in [0.2, 0.25) is 0 Å². The molecule has 2 heterocycles. The van der Waals surface area contributed by atoms with Crippen molar-refractivity contribution in [3.8, 4) is 40.3 Å². The predicted molar refractivity (Wildman–Crippen MR) is 99.2 cm³/mol. The van der Waals surface area contributed by atoms with Crippen molar-refractivity contribution < 1.29 is 23.3 Å². The van der Waals surface area contributed by atoms with Gasteiger partial charge >= 0.3 is 0 Å². The average molecular weight is 384 g/mol. The van der Waals surface area contributed by atoms with Crippen LogP contribution in [0.25, 0.3) is 11.4 Å². The third kappa shape index (κ3) is 2.92. The molecule has 4 rings (SSSR count). The Bertz CT molecular complexity index is 1100. The van der Waals surface area contributed by atoms with Gasteiger partial charge < -0.3 is 23.9 Å². The Balaban J connectivity index is 1.82. The van der Waals surface area contributed by atoms with Crippen molar-refractivity contribution in [2.24, 2.45) is 0 Å². The maximum atomic E-state index is 13.5. The second-order valence-electron chi connectivity index (χ2n) is 6.14. The van der Waals surface area contributed by atoms with Gasteiger partial charge in [-0.1, -0.05) is 0 Å². The fourth-order valence-electron chi connectivity index (χ4n) is 3.15. The molecule has 2 aromatic carbocycles. The molecular weight excluding hydrogens is 367 g/mol. The normalized spacial score (nSPS) is 11.9. The van der Waals surface area contributed by atoms with Gasteiger partial charge in [0.15, 0.2) is 11.5 Å². The average Bonchev–Trinajstić information content (AvgIpc) is 2.71. The van der Waals surface area contributed by atoms with Crippen LogP contribution in [-0.4, -0.2) is 31.3 Å². The molecule has 0 saturated heterocycles. The molecule has 1 N–H and O–H groups in total. The second kappa shape index (κ2) is 6.88. The van der Waals surface area contributed by atoms with Crippen LogP contribution in [0.4, 0.5) is 4.39 Å². The van der Waals surface area contributed by atoms with Gasteiger partial charge in [-0.2, -0.15) is 4.98 Å². The summed E-state index contributed by atoms with van der Waals surface area (Å²) in [5.74, 6) is 1.85. The molecule has 28 heavy (non-hydrogen) atoms. The Morgan fingerprint density at radius 1 is 1.07 bits per heavy atom. The molecule has 1 aliphatic rings. The zero-order chi connectivity index (χ0) is 19.8. The monoisotopic (exact) mass is 384 g/mol. The van der Waals surface area contributed by atoms with Crippen LogP contribution in [0.3, 0.4) is 0 Å². The molecule has 0 fully saturated rings. The second-order valence-corrected chi connectivity index (χ2v) is 6.14. The highest BCUT2D eigenvalue weighted by Crippen LogP contribution is 2.41. The number of ether oxygens (including phenoxy) is 4. The van der Waals surface area contributed by atoms with Crippen molar-refractivity contribution in [2.45, 2.75) is 6.42 Å². The zero-order valence-electron chi connectivity index (χ0n) is 15.5. The first kappa shape index (κ1) is 17.8. The summed E-state index contributed by atoms with van der Waals surface area (Å²) < 4.78 is 35.2. The van der Waals surface area contributed by atoms with E-state index in [0.717, 1.165) is 0 Å². The van der Waals surface area contributed by atoms with Gasteiger partial charge in [0.1, 0.15) is 17.4 Å². The number of nitrogens with one attached hydrogen (secondary N) is 1. The lowest BCUT2D eigenvalue weighted by Crippen LogP contribution is -2.20. The van der Waals surface area contributed by atoms with E-state index in [4.69, 9.17) is 18.9 Å². The summed E-state index contributed by atoms with van der Waals surface area (Å²) in [5.41, 5.74) is 1.14. The number of benzene rings is 2.